The number of hydrogen-bond acceptors (Lipinski definition) is 2. The molecule has 2 heteroatoms. The highest BCUT2D eigenvalue weighted by atomic mass is 16.5. The fraction of sp³-hybridized carbons (Fsp3) is 1.00. The third-order valence-corrected chi connectivity index (χ3v) is 3.61. The maximum Gasteiger partial charge on any atom is 0.0730 e. The van der Waals surface area contributed by atoms with Crippen LogP contribution < -0.4 is 0 Å². The van der Waals surface area contributed by atoms with E-state index in [1.54, 1.807) is 0 Å². The summed E-state index contributed by atoms with van der Waals surface area (Å²) in [4.78, 5) is 2.64. The average Bonchev–Trinajstić information content (AvgIpc) is 2.67. The zero-order valence-electron chi connectivity index (χ0n) is 9.37. The van der Waals surface area contributed by atoms with Crippen LogP contribution in [0.2, 0.25) is 0 Å². The van der Waals surface area contributed by atoms with Crippen molar-refractivity contribution in [1.82, 2.24) is 4.90 Å². The summed E-state index contributed by atoms with van der Waals surface area (Å²) in [5, 5.41) is 0. The van der Waals surface area contributed by atoms with Gasteiger partial charge in [0.1, 0.15) is 0 Å². The normalized spacial score (nSPS) is 33.2. The molecule has 2 heterocycles. The zero-order chi connectivity index (χ0) is 9.80. The van der Waals surface area contributed by atoms with Crippen molar-refractivity contribution in [2.45, 2.75) is 57.6 Å². The molecule has 2 aliphatic heterocycles. The van der Waals surface area contributed by atoms with Gasteiger partial charge in [-0.25, -0.2) is 0 Å². The van der Waals surface area contributed by atoms with Crippen LogP contribution in [-0.4, -0.2) is 36.7 Å². The number of ether oxygens (including phenoxy) is 1. The second-order valence-electron chi connectivity index (χ2n) is 4.65. The molecule has 14 heavy (non-hydrogen) atoms. The second-order valence-corrected chi connectivity index (χ2v) is 4.65. The fourth-order valence-electron chi connectivity index (χ4n) is 2.81. The van der Waals surface area contributed by atoms with E-state index in [1.807, 2.05) is 0 Å². The number of rotatable bonds is 4. The third-order valence-electron chi connectivity index (χ3n) is 3.61. The molecule has 82 valence electrons. The molecule has 2 atom stereocenters. The predicted octanol–water partition coefficient (Wildman–Crippen LogP) is 2.43. The van der Waals surface area contributed by atoms with Crippen LogP contribution in [0.15, 0.2) is 0 Å². The van der Waals surface area contributed by atoms with E-state index in [9.17, 15) is 0 Å². The minimum Gasteiger partial charge on any atom is -0.377 e. The molecule has 0 aliphatic carbocycles. The minimum absolute atomic E-state index is 0.554. The molecule has 0 aromatic heterocycles. The molecule has 0 radical (unpaired) electrons. The Labute approximate surface area is 87.6 Å². The molecular formula is C12H23NO. The zero-order valence-corrected chi connectivity index (χ0v) is 9.37. The highest BCUT2D eigenvalue weighted by Crippen LogP contribution is 2.28. The first-order valence-corrected chi connectivity index (χ1v) is 6.27. The summed E-state index contributed by atoms with van der Waals surface area (Å²) in [6.45, 7) is 5.84. The topological polar surface area (TPSA) is 12.5 Å². The summed E-state index contributed by atoms with van der Waals surface area (Å²) in [7, 11) is 0. The number of fused-ring (bicyclic) bond motifs is 1. The highest BCUT2D eigenvalue weighted by Gasteiger charge is 2.34. The molecule has 0 aromatic carbocycles. The lowest BCUT2D eigenvalue weighted by atomic mass is 9.99. The third kappa shape index (κ3) is 2.29. The Balaban J connectivity index is 1.78. The van der Waals surface area contributed by atoms with Crippen LogP contribution in [0.3, 0.4) is 0 Å². The number of piperidine rings is 1. The average molecular weight is 197 g/mol. The Morgan fingerprint density at radius 1 is 1.21 bits per heavy atom. The summed E-state index contributed by atoms with van der Waals surface area (Å²) < 4.78 is 6.00. The summed E-state index contributed by atoms with van der Waals surface area (Å²) in [6, 6.07) is 0.764. The molecule has 0 bridgehead atoms. The van der Waals surface area contributed by atoms with Gasteiger partial charge in [-0.2, -0.15) is 0 Å². The minimum atomic E-state index is 0.554. The van der Waals surface area contributed by atoms with Crippen LogP contribution in [0.25, 0.3) is 0 Å². The Morgan fingerprint density at radius 3 is 2.79 bits per heavy atom. The fourth-order valence-corrected chi connectivity index (χ4v) is 2.81. The molecule has 2 nitrogen and oxygen atoms in total. The molecular weight excluding hydrogens is 174 g/mol. The van der Waals surface area contributed by atoms with E-state index in [0.29, 0.717) is 6.10 Å². The standard InChI is InChI=1S/C12H23NO/c1-2-3-10-14-12-7-5-9-13-8-4-6-11(12)13/h11-12H,2-10H2,1H3. The van der Waals surface area contributed by atoms with Gasteiger partial charge in [-0.3, -0.25) is 4.90 Å². The van der Waals surface area contributed by atoms with Crippen molar-refractivity contribution < 1.29 is 4.74 Å². The van der Waals surface area contributed by atoms with Crippen LogP contribution in [0.5, 0.6) is 0 Å². The number of hydrogen-bond donors (Lipinski definition) is 0. The van der Waals surface area contributed by atoms with Crippen LogP contribution in [-0.2, 0) is 4.74 Å². The van der Waals surface area contributed by atoms with Crippen molar-refractivity contribution in [2.24, 2.45) is 0 Å². The molecule has 0 aromatic rings. The molecule has 2 fully saturated rings. The first kappa shape index (κ1) is 10.4. The van der Waals surface area contributed by atoms with Crippen LogP contribution in [0.1, 0.15) is 45.4 Å². The van der Waals surface area contributed by atoms with Gasteiger partial charge in [0.15, 0.2) is 0 Å². The Hall–Kier alpha value is -0.0800. The van der Waals surface area contributed by atoms with Gasteiger partial charge in [0.2, 0.25) is 0 Å². The van der Waals surface area contributed by atoms with E-state index < -0.39 is 0 Å². The predicted molar refractivity (Wildman–Crippen MR) is 58.5 cm³/mol. The highest BCUT2D eigenvalue weighted by molar-refractivity contribution is 4.89. The lowest BCUT2D eigenvalue weighted by Gasteiger charge is -2.36. The summed E-state index contributed by atoms with van der Waals surface area (Å²) >= 11 is 0. The molecule has 0 saturated carbocycles. The molecule has 0 spiro atoms. The van der Waals surface area contributed by atoms with E-state index in [0.717, 1.165) is 12.6 Å². The van der Waals surface area contributed by atoms with Crippen molar-refractivity contribution in [3.05, 3.63) is 0 Å². The smallest absolute Gasteiger partial charge is 0.0730 e. The Morgan fingerprint density at radius 2 is 2.00 bits per heavy atom. The number of nitrogens with zero attached hydrogens (tertiary/aromatic N) is 1. The maximum absolute atomic E-state index is 6.00. The lowest BCUT2D eigenvalue weighted by Crippen LogP contribution is -2.45. The van der Waals surface area contributed by atoms with E-state index >= 15 is 0 Å². The largest absolute Gasteiger partial charge is 0.377 e. The van der Waals surface area contributed by atoms with Crippen LogP contribution >= 0.6 is 0 Å². The van der Waals surface area contributed by atoms with Crippen molar-refractivity contribution >= 4 is 0 Å². The van der Waals surface area contributed by atoms with Gasteiger partial charge in [-0.15, -0.1) is 0 Å². The van der Waals surface area contributed by atoms with Crippen molar-refractivity contribution in [2.75, 3.05) is 19.7 Å². The van der Waals surface area contributed by atoms with E-state index in [1.165, 1.54) is 51.6 Å². The van der Waals surface area contributed by atoms with E-state index in [2.05, 4.69) is 11.8 Å². The first-order valence-electron chi connectivity index (χ1n) is 6.27. The second kappa shape index (κ2) is 5.13. The molecule has 0 N–H and O–H groups in total. The molecule has 2 saturated heterocycles. The molecule has 2 aliphatic rings. The maximum atomic E-state index is 6.00. The Bertz CT molecular complexity index is 172. The van der Waals surface area contributed by atoms with Crippen molar-refractivity contribution in [3.8, 4) is 0 Å². The van der Waals surface area contributed by atoms with Gasteiger partial charge >= 0.3 is 0 Å². The van der Waals surface area contributed by atoms with Gasteiger partial charge < -0.3 is 4.74 Å². The van der Waals surface area contributed by atoms with Crippen molar-refractivity contribution in [3.63, 3.8) is 0 Å². The summed E-state index contributed by atoms with van der Waals surface area (Å²) in [5.41, 5.74) is 0. The quantitative estimate of drug-likeness (QED) is 0.642. The molecule has 0 amide bonds. The van der Waals surface area contributed by atoms with E-state index in [-0.39, 0.29) is 0 Å². The van der Waals surface area contributed by atoms with Gasteiger partial charge in [-0.05, 0) is 45.2 Å². The first-order chi connectivity index (χ1) is 6.92. The van der Waals surface area contributed by atoms with Gasteiger partial charge in [0.05, 0.1) is 6.10 Å². The summed E-state index contributed by atoms with van der Waals surface area (Å²) in [5.74, 6) is 0. The monoisotopic (exact) mass is 197 g/mol. The number of unbranched alkanes of at least 4 members (excludes halogenated alkanes) is 1. The van der Waals surface area contributed by atoms with Crippen LogP contribution in [0.4, 0.5) is 0 Å². The van der Waals surface area contributed by atoms with Gasteiger partial charge in [0.25, 0.3) is 0 Å². The van der Waals surface area contributed by atoms with Crippen molar-refractivity contribution in [1.29, 1.82) is 0 Å². The SMILES string of the molecule is CCCCOC1CCCN2CCCC12. The Kier molecular flexibility index (Phi) is 3.82. The lowest BCUT2D eigenvalue weighted by molar-refractivity contribution is -0.0289. The van der Waals surface area contributed by atoms with E-state index in [4.69, 9.17) is 4.74 Å². The summed E-state index contributed by atoms with van der Waals surface area (Å²) in [6.07, 6.45) is 8.43. The van der Waals surface area contributed by atoms with Crippen LogP contribution in [0, 0.1) is 0 Å². The van der Waals surface area contributed by atoms with Gasteiger partial charge in [0, 0.05) is 12.6 Å². The molecule has 2 unspecified atom stereocenters. The van der Waals surface area contributed by atoms with Gasteiger partial charge in [-0.1, -0.05) is 13.3 Å². The molecule has 2 rings (SSSR count).